The van der Waals surface area contributed by atoms with Gasteiger partial charge in [0.1, 0.15) is 4.90 Å². The van der Waals surface area contributed by atoms with Gasteiger partial charge in [-0.15, -0.1) is 0 Å². The molecule has 0 bridgehead atoms. The molecule has 4 aromatic carbocycles. The quantitative estimate of drug-likeness (QED) is 0.110. The Balaban J connectivity index is 1.34. The molecule has 1 aliphatic rings. The van der Waals surface area contributed by atoms with Gasteiger partial charge < -0.3 is 20.2 Å². The van der Waals surface area contributed by atoms with Gasteiger partial charge in [-0.2, -0.15) is 8.61 Å². The van der Waals surface area contributed by atoms with E-state index in [0.717, 1.165) is 39.9 Å². The molecule has 1 aliphatic heterocycles. The van der Waals surface area contributed by atoms with Crippen molar-refractivity contribution in [3.8, 4) is 17.2 Å². The number of fused-ring (bicyclic) bond motifs is 1. The third-order valence-electron chi connectivity index (χ3n) is 9.34. The topological polar surface area (TPSA) is 156 Å². The molecule has 0 saturated heterocycles. The summed E-state index contributed by atoms with van der Waals surface area (Å²) in [5.41, 5.74) is 3.11. The molecule has 0 unspecified atom stereocenters. The molecule has 4 aromatic rings. The van der Waals surface area contributed by atoms with Gasteiger partial charge in [-0.25, -0.2) is 16.8 Å². The zero-order valence-corrected chi connectivity index (χ0v) is 30.5. The van der Waals surface area contributed by atoms with Crippen LogP contribution in [0.25, 0.3) is 0 Å². The monoisotopic (exact) mass is 735 g/mol. The number of carbonyl (C=O) groups excluding carboxylic acids is 1. The van der Waals surface area contributed by atoms with E-state index in [9.17, 15) is 36.9 Å². The highest BCUT2D eigenvalue weighted by Gasteiger charge is 2.34. The number of aromatic hydroxyl groups is 3. The standard InChI is InChI=1S/C38H45N3O8S2/c1-3-40(22-12-11-17-28-13-7-5-8-14-28)51(48,49)34-26-33(35(42)37(44)36(34)43)38(45)39-23-21-30-18-19-32(25-31(30)27-39)50(46,47)41(4-2)24-20-29-15-9-6-10-16-29/h5-10,13-16,18-19,25-26,42-44H,3-4,11-12,17,20-24,27H2,1-2H3. The first-order chi connectivity index (χ1) is 24.4. The number of phenols is 3. The Morgan fingerprint density at radius 2 is 1.29 bits per heavy atom. The van der Waals surface area contributed by atoms with Crippen molar-refractivity contribution in [2.45, 2.75) is 62.3 Å². The minimum absolute atomic E-state index is 0.0146. The Hall–Kier alpha value is -4.43. The minimum Gasteiger partial charge on any atom is -0.504 e. The summed E-state index contributed by atoms with van der Waals surface area (Å²) in [6, 6.07) is 25.2. The number of hydrogen-bond donors (Lipinski definition) is 3. The molecule has 1 amide bonds. The lowest BCUT2D eigenvalue weighted by Gasteiger charge is -2.30. The largest absolute Gasteiger partial charge is 0.504 e. The highest BCUT2D eigenvalue weighted by atomic mass is 32.2. The summed E-state index contributed by atoms with van der Waals surface area (Å²) >= 11 is 0. The maximum absolute atomic E-state index is 13.9. The predicted octanol–water partition coefficient (Wildman–Crippen LogP) is 5.29. The van der Waals surface area contributed by atoms with Gasteiger partial charge in [0.05, 0.1) is 10.5 Å². The molecule has 0 aromatic heterocycles. The Morgan fingerprint density at radius 1 is 0.686 bits per heavy atom. The molecule has 0 atom stereocenters. The average molecular weight is 736 g/mol. The normalized spacial score (nSPS) is 13.5. The van der Waals surface area contributed by atoms with E-state index in [4.69, 9.17) is 0 Å². The Morgan fingerprint density at radius 3 is 1.92 bits per heavy atom. The van der Waals surface area contributed by atoms with Crippen LogP contribution in [0.3, 0.4) is 0 Å². The zero-order valence-electron chi connectivity index (χ0n) is 28.9. The van der Waals surface area contributed by atoms with Crippen molar-refractivity contribution >= 4 is 26.0 Å². The number of unbranched alkanes of at least 4 members (excludes halogenated alkanes) is 1. The van der Waals surface area contributed by atoms with Crippen LogP contribution < -0.4 is 0 Å². The van der Waals surface area contributed by atoms with Gasteiger partial charge in [-0.1, -0.05) is 80.6 Å². The lowest BCUT2D eigenvalue weighted by molar-refractivity contribution is 0.0730. The van der Waals surface area contributed by atoms with E-state index in [-0.39, 0.29) is 37.6 Å². The van der Waals surface area contributed by atoms with E-state index in [1.54, 1.807) is 32.0 Å². The minimum atomic E-state index is -4.39. The number of aryl methyl sites for hydroxylation is 1. The van der Waals surface area contributed by atoms with Crippen LogP contribution in [0.2, 0.25) is 0 Å². The molecule has 272 valence electrons. The van der Waals surface area contributed by atoms with Crippen LogP contribution in [0.4, 0.5) is 0 Å². The van der Waals surface area contributed by atoms with Gasteiger partial charge in [-0.3, -0.25) is 4.79 Å². The first-order valence-electron chi connectivity index (χ1n) is 17.2. The van der Waals surface area contributed by atoms with E-state index in [1.165, 1.54) is 9.21 Å². The summed E-state index contributed by atoms with van der Waals surface area (Å²) in [5, 5.41) is 32.1. The number of benzene rings is 4. The predicted molar refractivity (Wildman–Crippen MR) is 195 cm³/mol. The van der Waals surface area contributed by atoms with Crippen LogP contribution in [-0.4, -0.2) is 84.3 Å². The number of phenolic OH excluding ortho intramolecular Hbond substituents is 3. The molecule has 5 rings (SSSR count). The second-order valence-corrected chi connectivity index (χ2v) is 16.4. The van der Waals surface area contributed by atoms with Crippen LogP contribution in [0.5, 0.6) is 17.2 Å². The molecule has 3 N–H and O–H groups in total. The number of hydrogen-bond acceptors (Lipinski definition) is 8. The first-order valence-corrected chi connectivity index (χ1v) is 20.0. The Labute approximate surface area is 300 Å². The van der Waals surface area contributed by atoms with Crippen molar-refractivity contribution in [1.82, 2.24) is 13.5 Å². The fourth-order valence-corrected chi connectivity index (χ4v) is 9.46. The number of carbonyl (C=O) groups is 1. The van der Waals surface area contributed by atoms with Gasteiger partial charge >= 0.3 is 0 Å². The summed E-state index contributed by atoms with van der Waals surface area (Å²) in [7, 11) is -8.25. The molecule has 0 radical (unpaired) electrons. The van der Waals surface area contributed by atoms with Crippen LogP contribution in [0.15, 0.2) is 94.7 Å². The number of amides is 1. The van der Waals surface area contributed by atoms with E-state index in [0.29, 0.717) is 31.4 Å². The average Bonchev–Trinajstić information content (AvgIpc) is 3.14. The lowest BCUT2D eigenvalue weighted by atomic mass is 9.99. The second-order valence-electron chi connectivity index (χ2n) is 12.5. The molecule has 0 aliphatic carbocycles. The summed E-state index contributed by atoms with van der Waals surface area (Å²) in [4.78, 5) is 14.6. The molecule has 0 saturated carbocycles. The highest BCUT2D eigenvalue weighted by Crippen LogP contribution is 2.44. The molecule has 0 fully saturated rings. The molecule has 1 heterocycles. The Kier molecular flexibility index (Phi) is 12.1. The van der Waals surface area contributed by atoms with Gasteiger partial charge in [0.15, 0.2) is 11.5 Å². The fourth-order valence-electron chi connectivity index (χ4n) is 6.37. The molecule has 0 spiro atoms. The maximum atomic E-state index is 13.9. The van der Waals surface area contributed by atoms with Crippen LogP contribution in [-0.2, 0) is 45.9 Å². The molecular weight excluding hydrogens is 691 g/mol. The van der Waals surface area contributed by atoms with Crippen molar-refractivity contribution in [2.75, 3.05) is 32.7 Å². The number of nitrogens with zero attached hydrogens (tertiary/aromatic N) is 3. The summed E-state index contributed by atoms with van der Waals surface area (Å²) < 4.78 is 57.4. The van der Waals surface area contributed by atoms with Crippen molar-refractivity contribution in [3.63, 3.8) is 0 Å². The molecule has 51 heavy (non-hydrogen) atoms. The van der Waals surface area contributed by atoms with E-state index >= 15 is 0 Å². The summed E-state index contributed by atoms with van der Waals surface area (Å²) in [5.74, 6) is -3.87. The SMILES string of the molecule is CCN(CCc1ccccc1)S(=O)(=O)c1ccc2c(c1)CN(C(=O)c1cc(S(=O)(=O)N(CC)CCCCc3ccccc3)c(O)c(O)c1O)CC2. The third-order valence-corrected chi connectivity index (χ3v) is 13.3. The maximum Gasteiger partial charge on any atom is 0.258 e. The molecule has 11 nitrogen and oxygen atoms in total. The van der Waals surface area contributed by atoms with Crippen LogP contribution >= 0.6 is 0 Å². The van der Waals surface area contributed by atoms with E-state index in [2.05, 4.69) is 0 Å². The summed E-state index contributed by atoms with van der Waals surface area (Å²) in [6.07, 6.45) is 2.95. The smallest absolute Gasteiger partial charge is 0.258 e. The zero-order chi connectivity index (χ0) is 36.8. The first kappa shape index (κ1) is 37.8. The van der Waals surface area contributed by atoms with Crippen molar-refractivity contribution in [3.05, 3.63) is 113 Å². The third kappa shape index (κ3) is 8.39. The van der Waals surface area contributed by atoms with Crippen LogP contribution in [0, 0.1) is 0 Å². The van der Waals surface area contributed by atoms with Gasteiger partial charge in [-0.05, 0) is 72.6 Å². The summed E-state index contributed by atoms with van der Waals surface area (Å²) in [6.45, 7) is 4.40. The fraction of sp³-hybridized carbons (Fsp3) is 0.342. The number of sulfonamides is 2. The molecule has 13 heteroatoms. The molecular formula is C38H45N3O8S2. The van der Waals surface area contributed by atoms with Gasteiger partial charge in [0, 0.05) is 39.3 Å². The lowest BCUT2D eigenvalue weighted by Crippen LogP contribution is -2.37. The van der Waals surface area contributed by atoms with Gasteiger partial charge in [0.25, 0.3) is 5.91 Å². The second kappa shape index (κ2) is 16.3. The van der Waals surface area contributed by atoms with Crippen LogP contribution in [0.1, 0.15) is 59.3 Å². The Bertz CT molecular complexity index is 2060. The van der Waals surface area contributed by atoms with Crippen molar-refractivity contribution in [2.24, 2.45) is 0 Å². The highest BCUT2D eigenvalue weighted by molar-refractivity contribution is 7.89. The van der Waals surface area contributed by atoms with E-state index in [1.807, 2.05) is 60.7 Å². The van der Waals surface area contributed by atoms with Crippen molar-refractivity contribution in [1.29, 1.82) is 0 Å². The van der Waals surface area contributed by atoms with E-state index < -0.39 is 53.7 Å². The van der Waals surface area contributed by atoms with Gasteiger partial charge in [0.2, 0.25) is 25.8 Å². The number of likely N-dealkylation sites (N-methyl/N-ethyl adjacent to an activating group) is 1. The van der Waals surface area contributed by atoms with Crippen molar-refractivity contribution < 1.29 is 36.9 Å². The number of rotatable bonds is 15.